The van der Waals surface area contributed by atoms with E-state index in [0.29, 0.717) is 18.1 Å². The molecule has 2 aliphatic heterocycles. The fourth-order valence-corrected chi connectivity index (χ4v) is 5.38. The van der Waals surface area contributed by atoms with E-state index in [1.165, 1.54) is 0 Å². The lowest BCUT2D eigenvalue weighted by Crippen LogP contribution is -2.50. The zero-order chi connectivity index (χ0) is 18.6. The maximum Gasteiger partial charge on any atom is 0.410 e. The molecule has 2 bridgehead atoms. The van der Waals surface area contributed by atoms with Crippen molar-refractivity contribution in [2.75, 3.05) is 18.0 Å². The number of nitrogens with zero attached hydrogens (tertiary/aromatic N) is 5. The molecule has 3 atom stereocenters. The van der Waals surface area contributed by atoms with Crippen LogP contribution in [0.3, 0.4) is 0 Å². The first kappa shape index (κ1) is 18.5. The van der Waals surface area contributed by atoms with E-state index in [4.69, 9.17) is 21.4 Å². The smallest absolute Gasteiger partial charge is 0.410 e. The second-order valence-corrected chi connectivity index (χ2v) is 10.1. The van der Waals surface area contributed by atoms with Gasteiger partial charge in [0.25, 0.3) is 0 Å². The zero-order valence-electron chi connectivity index (χ0n) is 14.7. The molecule has 2 aromatic heterocycles. The minimum absolute atomic E-state index is 0.164. The van der Waals surface area contributed by atoms with Crippen molar-refractivity contribution in [2.45, 2.75) is 44.9 Å². The summed E-state index contributed by atoms with van der Waals surface area (Å²) in [6.45, 7) is 7.12. The molecule has 0 aromatic carbocycles. The summed E-state index contributed by atoms with van der Waals surface area (Å²) in [4.78, 5) is 20.8. The maximum atomic E-state index is 12.4. The van der Waals surface area contributed by atoms with E-state index in [0.717, 1.165) is 29.7 Å². The second kappa shape index (κ2) is 6.63. The molecule has 140 valence electrons. The molecule has 7 nitrogen and oxygen atoms in total. The predicted molar refractivity (Wildman–Crippen MR) is 113 cm³/mol. The van der Waals surface area contributed by atoms with E-state index in [-0.39, 0.29) is 18.2 Å². The Morgan fingerprint density at radius 3 is 2.77 bits per heavy atom. The highest BCUT2D eigenvalue weighted by Gasteiger charge is 2.47. The number of aromatic nitrogens is 3. The van der Waals surface area contributed by atoms with Crippen molar-refractivity contribution in [1.82, 2.24) is 19.4 Å². The van der Waals surface area contributed by atoms with E-state index >= 15 is 0 Å². The van der Waals surface area contributed by atoms with Crippen LogP contribution >= 0.6 is 40.0 Å². The zero-order valence-corrected chi connectivity index (χ0v) is 18.7. The van der Waals surface area contributed by atoms with E-state index in [1.54, 1.807) is 6.20 Å². The second-order valence-electron chi connectivity index (χ2n) is 7.67. The van der Waals surface area contributed by atoms with Crippen LogP contribution in [0.5, 0.6) is 0 Å². The van der Waals surface area contributed by atoms with Crippen LogP contribution in [0.4, 0.5) is 10.6 Å². The lowest BCUT2D eigenvalue weighted by Gasteiger charge is -2.35. The number of fused-ring (bicyclic) bond motifs is 3. The number of carbonyl (C=O) groups is 1. The Hall–Kier alpha value is -0.860. The molecular weight excluding hydrogens is 488 g/mol. The van der Waals surface area contributed by atoms with Crippen molar-refractivity contribution in [2.24, 2.45) is 0 Å². The van der Waals surface area contributed by atoms with Gasteiger partial charge in [-0.1, -0.05) is 11.6 Å². The third kappa shape index (κ3) is 3.24. The van der Waals surface area contributed by atoms with Crippen LogP contribution in [0.25, 0.3) is 10.9 Å². The summed E-state index contributed by atoms with van der Waals surface area (Å²) in [5.41, 5.74) is 0.527. The molecule has 26 heavy (non-hydrogen) atoms. The minimum atomic E-state index is -0.472. The number of rotatable bonds is 2. The first-order valence-electron chi connectivity index (χ1n) is 8.44. The molecule has 4 rings (SSSR count). The maximum absolute atomic E-state index is 12.4. The Bertz CT molecular complexity index is 870. The molecule has 0 aliphatic carbocycles. The molecule has 0 spiro atoms. The molecular formula is C16H20ClIN5O2P. The summed E-state index contributed by atoms with van der Waals surface area (Å²) in [6, 6.07) is 2.28. The Morgan fingerprint density at radius 1 is 1.38 bits per heavy atom. The highest BCUT2D eigenvalue weighted by atomic mass is 127. The summed E-state index contributed by atoms with van der Waals surface area (Å²) in [5.74, 6) is 0.935. The van der Waals surface area contributed by atoms with Gasteiger partial charge in [0.15, 0.2) is 5.82 Å². The lowest BCUT2D eigenvalue weighted by molar-refractivity contribution is 0.0214. The van der Waals surface area contributed by atoms with Crippen molar-refractivity contribution < 1.29 is 9.53 Å². The van der Waals surface area contributed by atoms with Crippen LogP contribution in [-0.4, -0.2) is 56.3 Å². The molecule has 1 amide bonds. The molecule has 2 aliphatic rings. The minimum Gasteiger partial charge on any atom is -0.444 e. The summed E-state index contributed by atoms with van der Waals surface area (Å²) in [7, 11) is 0. The van der Waals surface area contributed by atoms with E-state index in [9.17, 15) is 4.79 Å². The van der Waals surface area contributed by atoms with Gasteiger partial charge in [0, 0.05) is 25.4 Å². The average Bonchev–Trinajstić information content (AvgIpc) is 3.24. The summed E-state index contributed by atoms with van der Waals surface area (Å²) >= 11 is 8.38. The molecule has 0 N–H and O–H groups in total. The number of amides is 1. The predicted octanol–water partition coefficient (Wildman–Crippen LogP) is 4.07. The monoisotopic (exact) mass is 507 g/mol. The number of carbonyl (C=O) groups excluding carboxylic acids is 1. The topological polar surface area (TPSA) is 63.5 Å². The standard InChI is InChI=1S/C16H20ClIN5O2P/c1-16(2,3)25-15(24)22-8-9-4-10(22)7-21(9)14-11-6-19-13(17)5-12(11)23(20-14)26-18/h5-6,9-10,26H,4,7-8H2,1-3H3. The molecule has 3 unspecified atom stereocenters. The third-order valence-electron chi connectivity index (χ3n) is 4.73. The molecule has 2 aromatic rings. The highest BCUT2D eigenvalue weighted by Crippen LogP contribution is 2.40. The van der Waals surface area contributed by atoms with Crippen molar-refractivity contribution in [3.05, 3.63) is 17.4 Å². The van der Waals surface area contributed by atoms with Gasteiger partial charge in [0.05, 0.1) is 29.4 Å². The van der Waals surface area contributed by atoms with E-state index in [2.05, 4.69) is 31.9 Å². The summed E-state index contributed by atoms with van der Waals surface area (Å²) < 4.78 is 7.51. The number of ether oxygens (including phenoxy) is 1. The van der Waals surface area contributed by atoms with Gasteiger partial charge in [-0.25, -0.2) is 14.2 Å². The number of hydrogen-bond acceptors (Lipinski definition) is 5. The third-order valence-corrected chi connectivity index (χ3v) is 6.81. The Morgan fingerprint density at radius 2 is 2.15 bits per heavy atom. The van der Waals surface area contributed by atoms with E-state index in [1.807, 2.05) is 36.2 Å². The average molecular weight is 508 g/mol. The summed E-state index contributed by atoms with van der Waals surface area (Å²) in [6.07, 6.45) is 3.01. The van der Waals surface area contributed by atoms with Gasteiger partial charge in [-0.2, -0.15) is 0 Å². The van der Waals surface area contributed by atoms with Crippen molar-refractivity contribution in [3.8, 4) is 0 Å². The molecule has 2 saturated heterocycles. The normalized spacial score (nSPS) is 23.0. The SMILES string of the molecule is CC(C)(C)OC(=O)N1CC2CC1CN2c1nn(PI)c2cc(Cl)ncc12. The van der Waals surface area contributed by atoms with Crippen LogP contribution in [0, 0.1) is 0 Å². The fraction of sp³-hybridized carbons (Fsp3) is 0.562. The van der Waals surface area contributed by atoms with Crippen molar-refractivity contribution >= 4 is 62.8 Å². The quantitative estimate of drug-likeness (QED) is 0.348. The van der Waals surface area contributed by atoms with Gasteiger partial charge >= 0.3 is 6.09 Å². The van der Waals surface area contributed by atoms with Crippen LogP contribution < -0.4 is 4.90 Å². The largest absolute Gasteiger partial charge is 0.444 e. The van der Waals surface area contributed by atoms with Crippen LogP contribution in [0.1, 0.15) is 27.2 Å². The number of anilines is 1. The Balaban J connectivity index is 1.58. The van der Waals surface area contributed by atoms with Crippen molar-refractivity contribution in [3.63, 3.8) is 0 Å². The summed E-state index contributed by atoms with van der Waals surface area (Å²) in [5, 5.41) is 6.27. The van der Waals surface area contributed by atoms with Gasteiger partial charge in [-0.05, 0) is 49.2 Å². The fourth-order valence-electron chi connectivity index (χ4n) is 3.72. The van der Waals surface area contributed by atoms with Crippen LogP contribution in [0.2, 0.25) is 5.15 Å². The van der Waals surface area contributed by atoms with Crippen molar-refractivity contribution in [1.29, 1.82) is 0 Å². The Kier molecular flexibility index (Phi) is 4.72. The van der Waals surface area contributed by atoms with Gasteiger partial charge in [-0.3, -0.25) is 0 Å². The van der Waals surface area contributed by atoms with E-state index < -0.39 is 5.60 Å². The van der Waals surface area contributed by atoms with Crippen LogP contribution in [0.15, 0.2) is 12.3 Å². The molecule has 0 saturated carbocycles. The van der Waals surface area contributed by atoms with Gasteiger partial charge < -0.3 is 14.5 Å². The number of halogens is 2. The first-order valence-corrected chi connectivity index (χ1v) is 12.9. The number of pyridine rings is 1. The lowest BCUT2D eigenvalue weighted by atomic mass is 10.2. The molecule has 4 heterocycles. The molecule has 2 fully saturated rings. The Labute approximate surface area is 171 Å². The number of piperazine rings is 1. The number of likely N-dealkylation sites (tertiary alicyclic amines) is 1. The molecule has 0 radical (unpaired) electrons. The molecule has 10 heteroatoms. The van der Waals surface area contributed by atoms with Gasteiger partial charge in [0.1, 0.15) is 10.8 Å². The first-order chi connectivity index (χ1) is 12.3. The highest BCUT2D eigenvalue weighted by molar-refractivity contribution is 14.2. The van der Waals surface area contributed by atoms with Gasteiger partial charge in [-0.15, -0.1) is 5.10 Å². The van der Waals surface area contributed by atoms with Gasteiger partial charge in [0.2, 0.25) is 0 Å². The number of hydrogen-bond donors (Lipinski definition) is 0. The van der Waals surface area contributed by atoms with Crippen LogP contribution in [-0.2, 0) is 4.74 Å².